The first kappa shape index (κ1) is 23.8. The SMILES string of the molecule is C=C1C=C(c2ccc([C@H](C)N3CC[C@](CC(C)(C)O)(c4ccccc4)OC3=O)cc2)C=CN1C. The highest BCUT2D eigenvalue weighted by Gasteiger charge is 2.46. The first-order valence-corrected chi connectivity index (χ1v) is 11.8. The summed E-state index contributed by atoms with van der Waals surface area (Å²) in [5, 5.41) is 10.6. The molecule has 0 bridgehead atoms. The van der Waals surface area contributed by atoms with Gasteiger partial charge in [0.1, 0.15) is 5.60 Å². The third-order valence-electron chi connectivity index (χ3n) is 6.74. The van der Waals surface area contributed by atoms with Crippen molar-refractivity contribution in [2.24, 2.45) is 0 Å². The predicted octanol–water partition coefficient (Wildman–Crippen LogP) is 6.00. The molecule has 2 aromatic carbocycles. The second-order valence-corrected chi connectivity index (χ2v) is 9.98. The van der Waals surface area contributed by atoms with Gasteiger partial charge in [0.25, 0.3) is 0 Å². The van der Waals surface area contributed by atoms with Crippen LogP contribution in [0.3, 0.4) is 0 Å². The van der Waals surface area contributed by atoms with Crippen molar-refractivity contribution in [2.75, 3.05) is 13.6 Å². The van der Waals surface area contributed by atoms with Gasteiger partial charge in [0.15, 0.2) is 0 Å². The van der Waals surface area contributed by atoms with Crippen molar-refractivity contribution >= 4 is 11.7 Å². The Morgan fingerprint density at radius 1 is 1.15 bits per heavy atom. The predicted molar refractivity (Wildman–Crippen MR) is 136 cm³/mol. The third-order valence-corrected chi connectivity index (χ3v) is 6.74. The van der Waals surface area contributed by atoms with Crippen LogP contribution in [0.25, 0.3) is 5.57 Å². The number of carbonyl (C=O) groups excluding carboxylic acids is 1. The normalized spacial score (nSPS) is 21.9. The van der Waals surface area contributed by atoms with Crippen molar-refractivity contribution in [3.8, 4) is 0 Å². The maximum Gasteiger partial charge on any atom is 0.411 e. The zero-order valence-electron chi connectivity index (χ0n) is 20.5. The number of rotatable bonds is 6. The zero-order valence-corrected chi connectivity index (χ0v) is 20.5. The van der Waals surface area contributed by atoms with Crippen molar-refractivity contribution in [3.63, 3.8) is 0 Å². The van der Waals surface area contributed by atoms with Gasteiger partial charge in [-0.05, 0) is 55.2 Å². The smallest absolute Gasteiger partial charge is 0.411 e. The summed E-state index contributed by atoms with van der Waals surface area (Å²) in [6.07, 6.45) is 6.74. The molecule has 2 atom stereocenters. The third kappa shape index (κ3) is 4.95. The maximum absolute atomic E-state index is 13.3. The molecule has 1 amide bonds. The molecule has 5 nitrogen and oxygen atoms in total. The molecule has 1 saturated heterocycles. The fraction of sp³-hybridized carbons (Fsp3) is 0.345. The summed E-state index contributed by atoms with van der Waals surface area (Å²) < 4.78 is 6.13. The first-order valence-electron chi connectivity index (χ1n) is 11.8. The molecule has 1 fully saturated rings. The van der Waals surface area contributed by atoms with E-state index in [1.807, 2.05) is 55.4 Å². The van der Waals surface area contributed by atoms with Gasteiger partial charge in [0.05, 0.1) is 11.6 Å². The van der Waals surface area contributed by atoms with Gasteiger partial charge in [-0.25, -0.2) is 4.79 Å². The van der Waals surface area contributed by atoms with Crippen molar-refractivity contribution < 1.29 is 14.6 Å². The summed E-state index contributed by atoms with van der Waals surface area (Å²) in [6, 6.07) is 17.9. The summed E-state index contributed by atoms with van der Waals surface area (Å²) in [5.41, 5.74) is 3.32. The van der Waals surface area contributed by atoms with Gasteiger partial charge in [-0.1, -0.05) is 61.2 Å². The largest absolute Gasteiger partial charge is 0.438 e. The van der Waals surface area contributed by atoms with E-state index in [1.165, 1.54) is 0 Å². The monoisotopic (exact) mass is 458 g/mol. The molecule has 34 heavy (non-hydrogen) atoms. The lowest BCUT2D eigenvalue weighted by molar-refractivity contribution is -0.101. The number of allylic oxidation sites excluding steroid dienone is 3. The molecule has 2 heterocycles. The minimum Gasteiger partial charge on any atom is -0.438 e. The van der Waals surface area contributed by atoms with Crippen LogP contribution >= 0.6 is 0 Å². The molecular formula is C29H34N2O3. The molecular weight excluding hydrogens is 424 g/mol. The van der Waals surface area contributed by atoms with Crippen LogP contribution in [-0.4, -0.2) is 40.2 Å². The fourth-order valence-corrected chi connectivity index (χ4v) is 4.82. The molecule has 1 N–H and O–H groups in total. The lowest BCUT2D eigenvalue weighted by atomic mass is 9.80. The van der Waals surface area contributed by atoms with E-state index in [0.717, 1.165) is 28.0 Å². The van der Waals surface area contributed by atoms with Crippen molar-refractivity contribution in [1.29, 1.82) is 0 Å². The Bertz CT molecular complexity index is 1110. The fourth-order valence-electron chi connectivity index (χ4n) is 4.82. The van der Waals surface area contributed by atoms with Crippen molar-refractivity contribution in [3.05, 3.63) is 102 Å². The molecule has 0 aliphatic carbocycles. The van der Waals surface area contributed by atoms with Gasteiger partial charge in [0.2, 0.25) is 0 Å². The minimum atomic E-state index is -0.970. The summed E-state index contributed by atoms with van der Waals surface area (Å²) in [7, 11) is 1.97. The van der Waals surface area contributed by atoms with Crippen LogP contribution in [0.15, 0.2) is 85.2 Å². The number of hydrogen-bond donors (Lipinski definition) is 1. The Balaban J connectivity index is 1.52. The molecule has 2 aromatic rings. The van der Waals surface area contributed by atoms with Gasteiger partial charge < -0.3 is 19.6 Å². The molecule has 2 aliphatic heterocycles. The molecule has 0 saturated carbocycles. The quantitative estimate of drug-likeness (QED) is 0.577. The van der Waals surface area contributed by atoms with Gasteiger partial charge >= 0.3 is 6.09 Å². The summed E-state index contributed by atoms with van der Waals surface area (Å²) in [6.45, 7) is 10.2. The Morgan fingerprint density at radius 3 is 2.41 bits per heavy atom. The van der Waals surface area contributed by atoms with E-state index in [-0.39, 0.29) is 12.1 Å². The maximum atomic E-state index is 13.3. The second-order valence-electron chi connectivity index (χ2n) is 9.98. The standard InChI is InChI=1S/C29H34N2O3/c1-21-19-25(15-17-30(21)5)24-13-11-23(12-14-24)22(2)31-18-16-29(34-27(31)32,20-28(3,4)33)26-9-7-6-8-10-26/h6-15,17,19,22,33H,1,16,18,20H2,2-5H3/t22-,29-/m0/s1. The lowest BCUT2D eigenvalue weighted by Gasteiger charge is -2.45. The molecule has 178 valence electrons. The van der Waals surface area contributed by atoms with Crippen LogP contribution in [0.4, 0.5) is 4.79 Å². The number of likely N-dealkylation sites (N-methyl/N-ethyl adjacent to an activating group) is 1. The summed E-state index contributed by atoms with van der Waals surface area (Å²) in [4.78, 5) is 17.0. The number of carbonyl (C=O) groups is 1. The Kier molecular flexibility index (Phi) is 6.41. The molecule has 0 spiro atoms. The van der Waals surface area contributed by atoms with Crippen LogP contribution in [0.5, 0.6) is 0 Å². The summed E-state index contributed by atoms with van der Waals surface area (Å²) in [5.74, 6) is 0. The first-order chi connectivity index (χ1) is 16.1. The van der Waals surface area contributed by atoms with Crippen LogP contribution in [0.2, 0.25) is 0 Å². The minimum absolute atomic E-state index is 0.130. The van der Waals surface area contributed by atoms with E-state index < -0.39 is 11.2 Å². The van der Waals surface area contributed by atoms with Gasteiger partial charge in [-0.15, -0.1) is 0 Å². The van der Waals surface area contributed by atoms with E-state index in [9.17, 15) is 9.90 Å². The number of ether oxygens (including phenoxy) is 1. The number of hydrogen-bond acceptors (Lipinski definition) is 4. The zero-order chi connectivity index (χ0) is 24.5. The van der Waals surface area contributed by atoms with E-state index in [1.54, 1.807) is 18.7 Å². The summed E-state index contributed by atoms with van der Waals surface area (Å²) >= 11 is 0. The van der Waals surface area contributed by atoms with E-state index in [0.29, 0.717) is 19.4 Å². The highest BCUT2D eigenvalue weighted by molar-refractivity contribution is 5.77. The Hall–Kier alpha value is -3.31. The van der Waals surface area contributed by atoms with Gasteiger partial charge in [-0.2, -0.15) is 0 Å². The molecule has 4 rings (SSSR count). The number of benzene rings is 2. The lowest BCUT2D eigenvalue weighted by Crippen LogP contribution is -2.51. The highest BCUT2D eigenvalue weighted by Crippen LogP contribution is 2.42. The van der Waals surface area contributed by atoms with Crippen molar-refractivity contribution in [2.45, 2.75) is 50.9 Å². The molecule has 2 aliphatic rings. The average Bonchev–Trinajstić information content (AvgIpc) is 2.80. The van der Waals surface area contributed by atoms with Gasteiger partial charge in [-0.3, -0.25) is 0 Å². The molecule has 0 aromatic heterocycles. The number of cyclic esters (lactones) is 1. The van der Waals surface area contributed by atoms with Crippen LogP contribution < -0.4 is 0 Å². The van der Waals surface area contributed by atoms with Crippen LogP contribution in [-0.2, 0) is 10.3 Å². The molecule has 5 heteroatoms. The van der Waals surface area contributed by atoms with E-state index in [2.05, 4.69) is 43.0 Å². The topological polar surface area (TPSA) is 53.0 Å². The Labute approximate surface area is 202 Å². The molecule has 0 radical (unpaired) electrons. The Morgan fingerprint density at radius 2 is 1.82 bits per heavy atom. The number of nitrogens with zero attached hydrogens (tertiary/aromatic N) is 2. The van der Waals surface area contributed by atoms with Crippen molar-refractivity contribution in [1.82, 2.24) is 9.80 Å². The second kappa shape index (κ2) is 9.15. The van der Waals surface area contributed by atoms with Crippen LogP contribution in [0.1, 0.15) is 56.3 Å². The van der Waals surface area contributed by atoms with Crippen LogP contribution in [0, 0.1) is 0 Å². The van der Waals surface area contributed by atoms with E-state index >= 15 is 0 Å². The highest BCUT2D eigenvalue weighted by atomic mass is 16.6. The average molecular weight is 459 g/mol. The number of amides is 1. The van der Waals surface area contributed by atoms with E-state index in [4.69, 9.17) is 4.74 Å². The molecule has 0 unspecified atom stereocenters. The number of aliphatic hydroxyl groups is 1. The van der Waals surface area contributed by atoms with Gasteiger partial charge in [0, 0.05) is 38.3 Å².